The maximum absolute atomic E-state index is 11.6. The largest absolute Gasteiger partial charge is 0.368 e. The summed E-state index contributed by atoms with van der Waals surface area (Å²) >= 11 is 6.23. The number of carbonyl (C=O) groups excluding carboxylic acids is 3. The first-order valence-corrected chi connectivity index (χ1v) is 7.05. The molecule has 1 saturated heterocycles. The SMILES string of the molecule is CC(=O)NC1CCN(c2cc3c(cc2Cl)C(=O)C(=O)N3)C1. The summed E-state index contributed by atoms with van der Waals surface area (Å²) in [5, 5.41) is 5.85. The Balaban J connectivity index is 1.85. The van der Waals surface area contributed by atoms with Crippen molar-refractivity contribution in [3.63, 3.8) is 0 Å². The van der Waals surface area contributed by atoms with Gasteiger partial charge in [-0.3, -0.25) is 14.4 Å². The maximum atomic E-state index is 11.6. The Labute approximate surface area is 126 Å². The van der Waals surface area contributed by atoms with Gasteiger partial charge >= 0.3 is 0 Å². The Kier molecular flexibility index (Phi) is 3.33. The van der Waals surface area contributed by atoms with E-state index < -0.39 is 11.7 Å². The fourth-order valence-electron chi connectivity index (χ4n) is 2.78. The molecule has 110 valence electrons. The van der Waals surface area contributed by atoms with E-state index >= 15 is 0 Å². The number of nitrogens with one attached hydrogen (secondary N) is 2. The quantitative estimate of drug-likeness (QED) is 0.805. The minimum absolute atomic E-state index is 0.0558. The summed E-state index contributed by atoms with van der Waals surface area (Å²) in [7, 11) is 0. The molecule has 0 radical (unpaired) electrons. The highest BCUT2D eigenvalue weighted by molar-refractivity contribution is 6.52. The normalized spacial score (nSPS) is 20.5. The summed E-state index contributed by atoms with van der Waals surface area (Å²) in [6.07, 6.45) is 0.832. The van der Waals surface area contributed by atoms with Crippen molar-refractivity contribution in [3.8, 4) is 0 Å². The highest BCUT2D eigenvalue weighted by atomic mass is 35.5. The molecule has 1 fully saturated rings. The molecule has 0 aliphatic carbocycles. The van der Waals surface area contributed by atoms with E-state index in [4.69, 9.17) is 11.6 Å². The van der Waals surface area contributed by atoms with Gasteiger partial charge in [0.2, 0.25) is 5.91 Å². The summed E-state index contributed by atoms with van der Waals surface area (Å²) in [5.41, 5.74) is 1.57. The lowest BCUT2D eigenvalue weighted by molar-refractivity contribution is -0.119. The zero-order valence-corrected chi connectivity index (χ0v) is 12.2. The maximum Gasteiger partial charge on any atom is 0.296 e. The Morgan fingerprint density at radius 2 is 2.19 bits per heavy atom. The van der Waals surface area contributed by atoms with Crippen LogP contribution in [-0.2, 0) is 9.59 Å². The summed E-state index contributed by atoms with van der Waals surface area (Å²) in [5.74, 6) is -1.24. The van der Waals surface area contributed by atoms with Gasteiger partial charge in [-0.2, -0.15) is 0 Å². The first kappa shape index (κ1) is 13.9. The lowest BCUT2D eigenvalue weighted by atomic mass is 10.1. The van der Waals surface area contributed by atoms with Crippen molar-refractivity contribution < 1.29 is 14.4 Å². The molecule has 0 spiro atoms. The van der Waals surface area contributed by atoms with E-state index in [9.17, 15) is 14.4 Å². The van der Waals surface area contributed by atoms with Gasteiger partial charge in [0.15, 0.2) is 0 Å². The lowest BCUT2D eigenvalue weighted by Gasteiger charge is -2.21. The summed E-state index contributed by atoms with van der Waals surface area (Å²) < 4.78 is 0. The third-order valence-corrected chi connectivity index (χ3v) is 4.03. The second-order valence-corrected chi connectivity index (χ2v) is 5.67. The molecule has 0 saturated carbocycles. The van der Waals surface area contributed by atoms with E-state index in [0.717, 1.165) is 18.7 Å². The van der Waals surface area contributed by atoms with Crippen LogP contribution in [0.4, 0.5) is 11.4 Å². The van der Waals surface area contributed by atoms with Crippen molar-refractivity contribution in [2.75, 3.05) is 23.3 Å². The van der Waals surface area contributed by atoms with E-state index in [1.54, 1.807) is 6.07 Å². The molecule has 1 unspecified atom stereocenters. The molecule has 2 aliphatic heterocycles. The monoisotopic (exact) mass is 307 g/mol. The van der Waals surface area contributed by atoms with Gasteiger partial charge < -0.3 is 15.5 Å². The van der Waals surface area contributed by atoms with Crippen LogP contribution in [0.15, 0.2) is 12.1 Å². The number of rotatable bonds is 2. The number of hydrogen-bond acceptors (Lipinski definition) is 4. The average Bonchev–Trinajstić information content (AvgIpc) is 2.96. The first-order chi connectivity index (χ1) is 9.95. The summed E-state index contributed by atoms with van der Waals surface area (Å²) in [6, 6.07) is 3.33. The Morgan fingerprint density at radius 3 is 2.90 bits per heavy atom. The number of amides is 2. The highest BCUT2D eigenvalue weighted by Gasteiger charge is 2.31. The second kappa shape index (κ2) is 5.04. The molecule has 2 amide bonds. The molecule has 1 aromatic rings. The van der Waals surface area contributed by atoms with Crippen LogP contribution in [-0.4, -0.2) is 36.7 Å². The van der Waals surface area contributed by atoms with E-state index in [2.05, 4.69) is 10.6 Å². The lowest BCUT2D eigenvalue weighted by Crippen LogP contribution is -2.35. The minimum Gasteiger partial charge on any atom is -0.368 e. The summed E-state index contributed by atoms with van der Waals surface area (Å²) in [6.45, 7) is 2.90. The van der Waals surface area contributed by atoms with Crippen LogP contribution in [0.1, 0.15) is 23.7 Å². The van der Waals surface area contributed by atoms with Gasteiger partial charge in [-0.15, -0.1) is 0 Å². The van der Waals surface area contributed by atoms with E-state index in [-0.39, 0.29) is 11.9 Å². The number of anilines is 2. The van der Waals surface area contributed by atoms with Crippen LogP contribution in [0.3, 0.4) is 0 Å². The molecule has 2 aliphatic rings. The average molecular weight is 308 g/mol. The fourth-order valence-corrected chi connectivity index (χ4v) is 3.06. The van der Waals surface area contributed by atoms with Crippen LogP contribution < -0.4 is 15.5 Å². The highest BCUT2D eigenvalue weighted by Crippen LogP contribution is 2.36. The molecule has 7 heteroatoms. The zero-order valence-electron chi connectivity index (χ0n) is 11.4. The van der Waals surface area contributed by atoms with Crippen molar-refractivity contribution in [3.05, 3.63) is 22.7 Å². The zero-order chi connectivity index (χ0) is 15.1. The Morgan fingerprint density at radius 1 is 1.43 bits per heavy atom. The number of hydrogen-bond donors (Lipinski definition) is 2. The third-order valence-electron chi connectivity index (χ3n) is 3.72. The molecule has 1 atom stereocenters. The minimum atomic E-state index is -0.629. The van der Waals surface area contributed by atoms with Crippen molar-refractivity contribution in [2.45, 2.75) is 19.4 Å². The molecule has 21 heavy (non-hydrogen) atoms. The van der Waals surface area contributed by atoms with Crippen LogP contribution in [0, 0.1) is 0 Å². The van der Waals surface area contributed by atoms with Crippen LogP contribution in [0.5, 0.6) is 0 Å². The van der Waals surface area contributed by atoms with Gasteiger partial charge in [-0.1, -0.05) is 11.6 Å². The van der Waals surface area contributed by atoms with Crippen molar-refractivity contribution >= 4 is 40.6 Å². The van der Waals surface area contributed by atoms with E-state index in [0.29, 0.717) is 22.8 Å². The number of halogens is 1. The number of benzene rings is 1. The number of fused-ring (bicyclic) bond motifs is 1. The summed E-state index contributed by atoms with van der Waals surface area (Å²) in [4.78, 5) is 36.1. The number of ketones is 1. The van der Waals surface area contributed by atoms with Crippen molar-refractivity contribution in [1.29, 1.82) is 0 Å². The van der Waals surface area contributed by atoms with Crippen LogP contribution >= 0.6 is 11.6 Å². The smallest absolute Gasteiger partial charge is 0.296 e. The van der Waals surface area contributed by atoms with E-state index in [1.165, 1.54) is 13.0 Å². The topological polar surface area (TPSA) is 78.5 Å². The van der Waals surface area contributed by atoms with Crippen molar-refractivity contribution in [2.24, 2.45) is 0 Å². The molecule has 2 heterocycles. The van der Waals surface area contributed by atoms with Crippen molar-refractivity contribution in [1.82, 2.24) is 5.32 Å². The predicted molar refractivity (Wildman–Crippen MR) is 78.8 cm³/mol. The Hall–Kier alpha value is -2.08. The molecule has 1 aromatic carbocycles. The van der Waals surface area contributed by atoms with Crippen LogP contribution in [0.2, 0.25) is 5.02 Å². The standard InChI is InChI=1S/C14H14ClN3O3/c1-7(19)16-8-2-3-18(6-8)12-5-11-9(4-10(12)15)13(20)14(21)17-11/h4-5,8H,2-3,6H2,1H3,(H,16,19)(H,17,20,21). The molecule has 2 N–H and O–H groups in total. The van der Waals surface area contributed by atoms with Gasteiger partial charge in [-0.25, -0.2) is 0 Å². The number of carbonyl (C=O) groups is 3. The number of Topliss-reactive ketones (excluding diaryl/α,β-unsaturated/α-hetero) is 1. The van der Waals surface area contributed by atoms with E-state index in [1.807, 2.05) is 4.90 Å². The van der Waals surface area contributed by atoms with Gasteiger partial charge in [0.25, 0.3) is 11.7 Å². The van der Waals surface area contributed by atoms with Gasteiger partial charge in [0, 0.05) is 26.1 Å². The molecule has 6 nitrogen and oxygen atoms in total. The van der Waals surface area contributed by atoms with Gasteiger partial charge in [0.05, 0.1) is 22.0 Å². The molecule has 3 rings (SSSR count). The molecular formula is C14H14ClN3O3. The third kappa shape index (κ3) is 2.47. The molecule has 0 aromatic heterocycles. The van der Waals surface area contributed by atoms with Gasteiger partial charge in [-0.05, 0) is 18.6 Å². The second-order valence-electron chi connectivity index (χ2n) is 5.26. The predicted octanol–water partition coefficient (Wildman–Crippen LogP) is 1.19. The van der Waals surface area contributed by atoms with Gasteiger partial charge in [0.1, 0.15) is 0 Å². The Bertz CT molecular complexity index is 659. The van der Waals surface area contributed by atoms with Crippen LogP contribution in [0.25, 0.3) is 0 Å². The fraction of sp³-hybridized carbons (Fsp3) is 0.357. The number of nitrogens with zero attached hydrogens (tertiary/aromatic N) is 1. The molecule has 0 bridgehead atoms. The first-order valence-electron chi connectivity index (χ1n) is 6.67. The molecular weight excluding hydrogens is 294 g/mol.